The smallest absolute Gasteiger partial charge is 0.275 e. The van der Waals surface area contributed by atoms with Crippen LogP contribution in [-0.2, 0) is 17.1 Å². The summed E-state index contributed by atoms with van der Waals surface area (Å²) < 4.78 is 48.0. The summed E-state index contributed by atoms with van der Waals surface area (Å²) in [5.41, 5.74) is 2.66. The van der Waals surface area contributed by atoms with Crippen molar-refractivity contribution in [3.05, 3.63) is 135 Å². The van der Waals surface area contributed by atoms with Crippen LogP contribution in [0.3, 0.4) is 0 Å². The number of hydrogen-bond acceptors (Lipinski definition) is 4. The number of halogens is 1. The Morgan fingerprint density at radius 2 is 1.45 bits per heavy atom. The Hall–Kier alpha value is -5.02. The molecule has 0 unspecified atom stereocenters. The van der Waals surface area contributed by atoms with Crippen LogP contribution >= 0.6 is 0 Å². The van der Waals surface area contributed by atoms with Gasteiger partial charge in [-0.3, -0.25) is 9.59 Å². The average Bonchev–Trinajstić information content (AvgIpc) is 3.78. The molecule has 0 saturated heterocycles. The van der Waals surface area contributed by atoms with Crippen LogP contribution < -0.4 is 11.1 Å². The molecule has 1 saturated carbocycles. The quantitative estimate of drug-likeness (QED) is 0.216. The first-order valence-electron chi connectivity index (χ1n) is 14.3. The van der Waals surface area contributed by atoms with Crippen LogP contribution in [0.25, 0.3) is 44.4 Å². The third-order valence-corrected chi connectivity index (χ3v) is 9.93. The van der Waals surface area contributed by atoms with Crippen LogP contribution in [0.15, 0.2) is 118 Å². The lowest BCUT2D eigenvalue weighted by Gasteiger charge is -2.16. The standard InChI is InChI=1S/C35H28FN3O4S/c1-22-12-16-25(17-13-22)44(42,43)39-32(26-10-6-7-11-31(26)36)18-28-30(20-37(2)35(41)34(28)39)27-19-33(40)38(24-14-15-24)21-29(27)23-8-4-3-5-9-23/h3-13,16-21,24H,14-15H2,1-2H3. The van der Waals surface area contributed by atoms with Gasteiger partial charge in [0.2, 0.25) is 0 Å². The van der Waals surface area contributed by atoms with Crippen molar-refractivity contribution in [3.8, 4) is 33.5 Å². The molecule has 7 nitrogen and oxygen atoms in total. The average molecular weight is 606 g/mol. The second kappa shape index (κ2) is 10.3. The summed E-state index contributed by atoms with van der Waals surface area (Å²) in [5.74, 6) is -0.633. The van der Waals surface area contributed by atoms with Gasteiger partial charge in [0.1, 0.15) is 11.3 Å². The third kappa shape index (κ3) is 4.51. The first-order valence-corrected chi connectivity index (χ1v) is 15.7. The molecule has 0 amide bonds. The first kappa shape index (κ1) is 27.8. The zero-order valence-corrected chi connectivity index (χ0v) is 24.9. The van der Waals surface area contributed by atoms with Crippen molar-refractivity contribution in [1.82, 2.24) is 13.1 Å². The van der Waals surface area contributed by atoms with Crippen LogP contribution in [0, 0.1) is 12.7 Å². The second-order valence-electron chi connectivity index (χ2n) is 11.3. The van der Waals surface area contributed by atoms with Crippen molar-refractivity contribution < 1.29 is 12.8 Å². The van der Waals surface area contributed by atoms with E-state index in [1.54, 1.807) is 35.0 Å². The fourth-order valence-corrected chi connectivity index (χ4v) is 7.30. The fraction of sp³-hybridized carbons (Fsp3) is 0.143. The lowest BCUT2D eigenvalue weighted by Crippen LogP contribution is -2.23. The Labute approximate surface area is 253 Å². The highest BCUT2D eigenvalue weighted by Gasteiger charge is 2.30. The molecule has 0 spiro atoms. The van der Waals surface area contributed by atoms with Crippen molar-refractivity contribution in [2.45, 2.75) is 30.7 Å². The number of aromatic nitrogens is 3. The highest BCUT2D eigenvalue weighted by molar-refractivity contribution is 7.90. The molecule has 3 aromatic heterocycles. The molecule has 0 atom stereocenters. The van der Waals surface area contributed by atoms with Gasteiger partial charge in [-0.1, -0.05) is 60.2 Å². The van der Waals surface area contributed by atoms with Gasteiger partial charge in [0, 0.05) is 53.6 Å². The lowest BCUT2D eigenvalue weighted by molar-refractivity contribution is 0.589. The molecule has 1 aliphatic rings. The van der Waals surface area contributed by atoms with E-state index in [-0.39, 0.29) is 33.3 Å². The van der Waals surface area contributed by atoms with Gasteiger partial charge in [-0.05, 0) is 61.2 Å². The van der Waals surface area contributed by atoms with E-state index in [0.717, 1.165) is 33.5 Å². The van der Waals surface area contributed by atoms with Crippen LogP contribution in [-0.4, -0.2) is 21.5 Å². The number of pyridine rings is 2. The van der Waals surface area contributed by atoms with Crippen molar-refractivity contribution in [3.63, 3.8) is 0 Å². The number of fused-ring (bicyclic) bond motifs is 1. The number of aryl methyl sites for hydroxylation is 2. The summed E-state index contributed by atoms with van der Waals surface area (Å²) in [6.07, 6.45) is 5.30. The molecule has 1 aliphatic carbocycles. The normalized spacial score (nSPS) is 13.4. The van der Waals surface area contributed by atoms with Crippen molar-refractivity contribution in [2.24, 2.45) is 7.05 Å². The minimum atomic E-state index is -4.38. The topological polar surface area (TPSA) is 83.1 Å². The molecule has 44 heavy (non-hydrogen) atoms. The van der Waals surface area contributed by atoms with E-state index in [0.29, 0.717) is 16.5 Å². The SMILES string of the molecule is Cc1ccc(S(=O)(=O)n2c(-c3ccccc3F)cc3c(-c4cc(=O)n(C5CC5)cc4-c4ccccc4)cn(C)c(=O)c32)cc1. The maximum Gasteiger partial charge on any atom is 0.275 e. The molecular weight excluding hydrogens is 577 g/mol. The van der Waals surface area contributed by atoms with E-state index < -0.39 is 21.4 Å². The summed E-state index contributed by atoms with van der Waals surface area (Å²) in [4.78, 5) is 27.3. The molecular formula is C35H28FN3O4S. The van der Waals surface area contributed by atoms with E-state index in [2.05, 4.69) is 0 Å². The predicted molar refractivity (Wildman–Crippen MR) is 170 cm³/mol. The minimum absolute atomic E-state index is 0.0100. The van der Waals surface area contributed by atoms with Gasteiger partial charge in [0.15, 0.2) is 0 Å². The summed E-state index contributed by atoms with van der Waals surface area (Å²) in [6, 6.07) is 25.0. The zero-order valence-electron chi connectivity index (χ0n) is 24.1. The highest BCUT2D eigenvalue weighted by Crippen LogP contribution is 2.41. The van der Waals surface area contributed by atoms with E-state index in [4.69, 9.17) is 0 Å². The molecule has 0 aliphatic heterocycles. The maximum absolute atomic E-state index is 15.4. The maximum atomic E-state index is 15.4. The Bertz CT molecular complexity index is 2320. The van der Waals surface area contributed by atoms with E-state index >= 15 is 4.39 Å². The van der Waals surface area contributed by atoms with E-state index in [1.807, 2.05) is 43.5 Å². The van der Waals surface area contributed by atoms with Crippen molar-refractivity contribution in [1.29, 1.82) is 0 Å². The Morgan fingerprint density at radius 3 is 2.14 bits per heavy atom. The number of benzene rings is 3. The minimum Gasteiger partial charge on any atom is -0.316 e. The molecule has 0 radical (unpaired) electrons. The summed E-state index contributed by atoms with van der Waals surface area (Å²) in [6.45, 7) is 1.84. The Kier molecular flexibility index (Phi) is 6.51. The van der Waals surface area contributed by atoms with Crippen LogP contribution in [0.5, 0.6) is 0 Å². The number of rotatable bonds is 6. The largest absolute Gasteiger partial charge is 0.316 e. The van der Waals surface area contributed by atoms with Crippen LogP contribution in [0.4, 0.5) is 4.39 Å². The summed E-state index contributed by atoms with van der Waals surface area (Å²) >= 11 is 0. The molecule has 3 aromatic carbocycles. The second-order valence-corrected chi connectivity index (χ2v) is 13.0. The van der Waals surface area contributed by atoms with Gasteiger partial charge in [-0.15, -0.1) is 0 Å². The molecule has 9 heteroatoms. The van der Waals surface area contributed by atoms with Gasteiger partial charge in [-0.25, -0.2) is 16.8 Å². The predicted octanol–water partition coefficient (Wildman–Crippen LogP) is 6.52. The van der Waals surface area contributed by atoms with Gasteiger partial charge in [-0.2, -0.15) is 0 Å². The molecule has 220 valence electrons. The summed E-state index contributed by atoms with van der Waals surface area (Å²) in [7, 11) is -2.84. The lowest BCUT2D eigenvalue weighted by atomic mass is 9.95. The van der Waals surface area contributed by atoms with E-state index in [1.165, 1.54) is 48.0 Å². The van der Waals surface area contributed by atoms with Gasteiger partial charge in [0.25, 0.3) is 21.1 Å². The van der Waals surface area contributed by atoms with Crippen molar-refractivity contribution in [2.75, 3.05) is 0 Å². The number of nitrogens with zero attached hydrogens (tertiary/aromatic N) is 3. The fourth-order valence-electron chi connectivity index (χ4n) is 5.78. The third-order valence-electron chi connectivity index (χ3n) is 8.20. The van der Waals surface area contributed by atoms with Crippen molar-refractivity contribution >= 4 is 20.9 Å². The van der Waals surface area contributed by atoms with Gasteiger partial charge >= 0.3 is 0 Å². The molecule has 6 aromatic rings. The van der Waals surface area contributed by atoms with Crippen LogP contribution in [0.2, 0.25) is 0 Å². The Balaban J connectivity index is 1.62. The molecule has 7 rings (SSSR count). The van der Waals surface area contributed by atoms with Gasteiger partial charge in [0.05, 0.1) is 10.6 Å². The molecule has 0 bridgehead atoms. The summed E-state index contributed by atoms with van der Waals surface area (Å²) in [5, 5.41) is 0.294. The molecule has 1 fully saturated rings. The number of hydrogen-bond donors (Lipinski definition) is 0. The van der Waals surface area contributed by atoms with Gasteiger partial charge < -0.3 is 9.13 Å². The first-order chi connectivity index (χ1) is 21.1. The molecule has 3 heterocycles. The zero-order chi connectivity index (χ0) is 30.7. The monoisotopic (exact) mass is 605 g/mol. The highest BCUT2D eigenvalue weighted by atomic mass is 32.2. The molecule has 0 N–H and O–H groups in total. The van der Waals surface area contributed by atoms with E-state index in [9.17, 15) is 18.0 Å². The van der Waals surface area contributed by atoms with Crippen LogP contribution in [0.1, 0.15) is 24.4 Å². The Morgan fingerprint density at radius 1 is 0.773 bits per heavy atom.